The predicted molar refractivity (Wildman–Crippen MR) is 35.8 cm³/mol. The average Bonchev–Trinajstić information content (AvgIpc) is 1.83. The van der Waals surface area contributed by atoms with Crippen LogP contribution in [0.4, 0.5) is 0 Å². The van der Waals surface area contributed by atoms with E-state index in [-0.39, 0.29) is 13.2 Å². The van der Waals surface area contributed by atoms with Crippen molar-refractivity contribution >= 4 is 17.3 Å². The fourth-order valence-electron chi connectivity index (χ4n) is 0.205. The Kier molecular flexibility index (Phi) is 4.50. The third kappa shape index (κ3) is 3.77. The highest BCUT2D eigenvalue weighted by Crippen LogP contribution is 1.80. The van der Waals surface area contributed by atoms with Gasteiger partial charge < -0.3 is 9.84 Å². The molecule has 2 nitrogen and oxygen atoms in total. The van der Waals surface area contributed by atoms with Gasteiger partial charge in [-0.15, -0.1) is 0 Å². The number of thiocarbonyl (C=S) groups is 1. The molecule has 0 aromatic heterocycles. The van der Waals surface area contributed by atoms with Crippen molar-refractivity contribution in [1.29, 1.82) is 0 Å². The summed E-state index contributed by atoms with van der Waals surface area (Å²) in [4.78, 5) is 0. The van der Waals surface area contributed by atoms with Crippen molar-refractivity contribution in [3.8, 4) is 0 Å². The van der Waals surface area contributed by atoms with Gasteiger partial charge in [0, 0.05) is 0 Å². The number of rotatable bonds is 3. The Balaban J connectivity index is 3.11. The summed E-state index contributed by atoms with van der Waals surface area (Å²) in [6, 6.07) is 0. The van der Waals surface area contributed by atoms with Gasteiger partial charge in [0.05, 0.1) is 6.61 Å². The van der Waals surface area contributed by atoms with E-state index >= 15 is 0 Å². The number of hydrogen-bond donors (Lipinski definition) is 1. The van der Waals surface area contributed by atoms with Crippen LogP contribution in [0, 0.1) is 0 Å². The zero-order valence-corrected chi connectivity index (χ0v) is 5.28. The lowest BCUT2D eigenvalue weighted by Crippen LogP contribution is -2.02. The summed E-state index contributed by atoms with van der Waals surface area (Å²) in [5, 5.41) is 8.52. The maximum atomic E-state index is 8.19. The van der Waals surface area contributed by atoms with Gasteiger partial charge >= 0.3 is 0 Å². The second kappa shape index (κ2) is 4.74. The fraction of sp³-hybridized carbons (Fsp3) is 0.400. The largest absolute Gasteiger partial charge is 0.481 e. The van der Waals surface area contributed by atoms with E-state index in [4.69, 9.17) is 9.84 Å². The molecule has 0 bridgehead atoms. The van der Waals surface area contributed by atoms with Crippen LogP contribution in [0.25, 0.3) is 0 Å². The van der Waals surface area contributed by atoms with Crippen LogP contribution < -0.4 is 0 Å². The SMILES string of the molecule is C=CC(=S)OCCO. The van der Waals surface area contributed by atoms with E-state index in [1.54, 1.807) is 0 Å². The number of ether oxygens (including phenoxy) is 1. The van der Waals surface area contributed by atoms with Crippen molar-refractivity contribution in [1.82, 2.24) is 0 Å². The van der Waals surface area contributed by atoms with Crippen molar-refractivity contribution in [2.45, 2.75) is 0 Å². The summed E-state index contributed by atoms with van der Waals surface area (Å²) in [5.41, 5.74) is 0. The van der Waals surface area contributed by atoms with Crippen molar-refractivity contribution in [3.05, 3.63) is 12.7 Å². The summed E-state index contributed by atoms with van der Waals surface area (Å²) < 4.78 is 4.70. The first kappa shape index (κ1) is 7.59. The smallest absolute Gasteiger partial charge is 0.183 e. The molecule has 0 saturated heterocycles. The van der Waals surface area contributed by atoms with Crippen LogP contribution in [0.5, 0.6) is 0 Å². The molecule has 46 valence electrons. The lowest BCUT2D eigenvalue weighted by molar-refractivity contribution is 0.198. The molecule has 0 aliphatic carbocycles. The second-order valence-corrected chi connectivity index (χ2v) is 1.50. The van der Waals surface area contributed by atoms with Gasteiger partial charge in [-0.1, -0.05) is 6.58 Å². The van der Waals surface area contributed by atoms with Crippen LogP contribution in [-0.4, -0.2) is 23.4 Å². The Morgan fingerprint density at radius 3 is 2.88 bits per heavy atom. The molecular weight excluding hydrogens is 124 g/mol. The van der Waals surface area contributed by atoms with Crippen molar-refractivity contribution in [2.75, 3.05) is 13.2 Å². The Hall–Kier alpha value is -0.410. The lowest BCUT2D eigenvalue weighted by Gasteiger charge is -1.97. The van der Waals surface area contributed by atoms with Gasteiger partial charge in [0.15, 0.2) is 5.05 Å². The Labute approximate surface area is 53.8 Å². The highest BCUT2D eigenvalue weighted by atomic mass is 32.1. The highest BCUT2D eigenvalue weighted by molar-refractivity contribution is 7.80. The molecule has 0 unspecified atom stereocenters. The first-order valence-corrected chi connectivity index (χ1v) is 2.62. The van der Waals surface area contributed by atoms with Gasteiger partial charge in [0.2, 0.25) is 0 Å². The molecule has 3 heteroatoms. The van der Waals surface area contributed by atoms with Crippen LogP contribution in [-0.2, 0) is 4.74 Å². The van der Waals surface area contributed by atoms with E-state index in [9.17, 15) is 0 Å². The van der Waals surface area contributed by atoms with Crippen LogP contribution in [0.1, 0.15) is 0 Å². The molecule has 8 heavy (non-hydrogen) atoms. The third-order valence-electron chi connectivity index (χ3n) is 0.502. The molecule has 0 atom stereocenters. The van der Waals surface area contributed by atoms with Gasteiger partial charge in [-0.3, -0.25) is 0 Å². The van der Waals surface area contributed by atoms with Crippen molar-refractivity contribution < 1.29 is 9.84 Å². The van der Waals surface area contributed by atoms with Gasteiger partial charge in [-0.25, -0.2) is 0 Å². The molecule has 0 heterocycles. The van der Waals surface area contributed by atoms with Gasteiger partial charge in [-0.2, -0.15) is 0 Å². The number of aliphatic hydroxyl groups is 1. The molecule has 0 aliphatic heterocycles. The van der Waals surface area contributed by atoms with E-state index in [1.807, 2.05) is 0 Å². The molecular formula is C5H8O2S. The summed E-state index contributed by atoms with van der Waals surface area (Å²) in [6.07, 6.45) is 1.42. The highest BCUT2D eigenvalue weighted by Gasteiger charge is 1.85. The zero-order chi connectivity index (χ0) is 6.41. The molecule has 0 aromatic rings. The third-order valence-corrected chi connectivity index (χ3v) is 0.787. The Morgan fingerprint density at radius 2 is 2.50 bits per heavy atom. The minimum absolute atomic E-state index is 0.00597. The Morgan fingerprint density at radius 1 is 1.88 bits per heavy atom. The van der Waals surface area contributed by atoms with E-state index < -0.39 is 0 Å². The van der Waals surface area contributed by atoms with Crippen LogP contribution in [0.3, 0.4) is 0 Å². The van der Waals surface area contributed by atoms with Crippen molar-refractivity contribution in [3.63, 3.8) is 0 Å². The lowest BCUT2D eigenvalue weighted by atomic mass is 10.7. The van der Waals surface area contributed by atoms with Crippen LogP contribution in [0.2, 0.25) is 0 Å². The summed E-state index contributed by atoms with van der Waals surface area (Å²) >= 11 is 4.57. The second-order valence-electron chi connectivity index (χ2n) is 1.10. The van der Waals surface area contributed by atoms with E-state index in [0.717, 1.165) is 0 Å². The average molecular weight is 132 g/mol. The Bertz CT molecular complexity index is 90.4. The van der Waals surface area contributed by atoms with E-state index in [2.05, 4.69) is 18.8 Å². The van der Waals surface area contributed by atoms with Crippen molar-refractivity contribution in [2.24, 2.45) is 0 Å². The minimum Gasteiger partial charge on any atom is -0.481 e. The molecule has 0 rings (SSSR count). The van der Waals surface area contributed by atoms with E-state index in [1.165, 1.54) is 6.08 Å². The molecule has 0 spiro atoms. The normalized spacial score (nSPS) is 8.12. The molecule has 0 aliphatic rings. The topological polar surface area (TPSA) is 29.5 Å². The summed E-state index contributed by atoms with van der Waals surface area (Å²) in [5.74, 6) is 0. The summed E-state index contributed by atoms with van der Waals surface area (Å²) in [7, 11) is 0. The maximum absolute atomic E-state index is 8.19. The molecule has 0 amide bonds. The minimum atomic E-state index is -0.00597. The standard InChI is InChI=1S/C5H8O2S/c1-2-5(8)7-4-3-6/h2,6H,1,3-4H2. The van der Waals surface area contributed by atoms with Crippen LogP contribution >= 0.6 is 12.2 Å². The number of aliphatic hydroxyl groups excluding tert-OH is 1. The molecule has 0 radical (unpaired) electrons. The predicted octanol–water partition coefficient (Wildman–Crippen LogP) is 0.509. The fourth-order valence-corrected chi connectivity index (χ4v) is 0.288. The maximum Gasteiger partial charge on any atom is 0.183 e. The van der Waals surface area contributed by atoms with E-state index in [0.29, 0.717) is 5.05 Å². The first-order valence-electron chi connectivity index (χ1n) is 2.21. The first-order chi connectivity index (χ1) is 3.81. The molecule has 0 saturated carbocycles. The zero-order valence-electron chi connectivity index (χ0n) is 4.46. The quantitative estimate of drug-likeness (QED) is 0.448. The summed E-state index contributed by atoms with van der Waals surface area (Å²) in [6.45, 7) is 3.61. The molecule has 1 N–H and O–H groups in total. The number of hydrogen-bond acceptors (Lipinski definition) is 3. The van der Waals surface area contributed by atoms with Gasteiger partial charge in [0.25, 0.3) is 0 Å². The molecule has 0 fully saturated rings. The molecule has 0 aromatic carbocycles. The van der Waals surface area contributed by atoms with Crippen LogP contribution in [0.15, 0.2) is 12.7 Å². The van der Waals surface area contributed by atoms with Gasteiger partial charge in [0.1, 0.15) is 6.61 Å². The monoisotopic (exact) mass is 132 g/mol. The van der Waals surface area contributed by atoms with Gasteiger partial charge in [-0.05, 0) is 18.3 Å².